The number of nitrogens with two attached hydrogens (primary N) is 1. The number of carbonyl (C=O) groups is 1. The van der Waals surface area contributed by atoms with Gasteiger partial charge in [-0.1, -0.05) is 18.0 Å². The van der Waals surface area contributed by atoms with E-state index in [4.69, 9.17) is 10.9 Å². The maximum absolute atomic E-state index is 13.0. The van der Waals surface area contributed by atoms with Crippen LogP contribution in [0.1, 0.15) is 51.4 Å². The number of aliphatic hydroxyl groups is 1. The molecule has 1 atom stereocenters. The maximum atomic E-state index is 13.0. The number of carbonyl (C=O) groups excluding carboxylic acids is 1. The number of amides is 1. The maximum Gasteiger partial charge on any atom is 0.236 e. The van der Waals surface area contributed by atoms with Crippen LogP contribution >= 0.6 is 0 Å². The molecule has 2 fully saturated rings. The molecule has 2 aliphatic rings. The highest BCUT2D eigenvalue weighted by molar-refractivity contribution is 6.07. The summed E-state index contributed by atoms with van der Waals surface area (Å²) in [6.07, 6.45) is 6.79. The lowest BCUT2D eigenvalue weighted by Gasteiger charge is -2.41. The van der Waals surface area contributed by atoms with Crippen molar-refractivity contribution in [2.45, 2.75) is 57.4 Å². The van der Waals surface area contributed by atoms with Gasteiger partial charge >= 0.3 is 0 Å². The molecular weight excluding hydrogens is 258 g/mol. The van der Waals surface area contributed by atoms with Gasteiger partial charge in [0, 0.05) is 19.2 Å². The first kappa shape index (κ1) is 15.1. The molecule has 1 aliphatic heterocycles. The fourth-order valence-corrected chi connectivity index (χ4v) is 3.65. The Bertz CT molecular complexity index is 376. The smallest absolute Gasteiger partial charge is 0.236 e. The summed E-state index contributed by atoms with van der Waals surface area (Å²) in [7, 11) is 0. The molecule has 0 spiro atoms. The van der Waals surface area contributed by atoms with E-state index in [1.807, 2.05) is 4.90 Å². The second-order valence-electron chi connectivity index (χ2n) is 5.93. The second kappa shape index (κ2) is 6.43. The Morgan fingerprint density at radius 1 is 1.30 bits per heavy atom. The lowest BCUT2D eigenvalue weighted by atomic mass is 9.81. The molecule has 0 aromatic carbocycles. The monoisotopic (exact) mass is 283 g/mol. The van der Waals surface area contributed by atoms with E-state index >= 15 is 0 Å². The first-order chi connectivity index (χ1) is 9.65. The summed E-state index contributed by atoms with van der Waals surface area (Å²) in [5.74, 6) is 0.0387. The van der Waals surface area contributed by atoms with E-state index in [2.05, 4.69) is 5.16 Å². The van der Waals surface area contributed by atoms with Crippen LogP contribution in [0.5, 0.6) is 0 Å². The van der Waals surface area contributed by atoms with Gasteiger partial charge in [0.25, 0.3) is 0 Å². The van der Waals surface area contributed by atoms with Gasteiger partial charge in [-0.25, -0.2) is 0 Å². The zero-order chi connectivity index (χ0) is 14.6. The first-order valence-corrected chi connectivity index (χ1v) is 7.55. The van der Waals surface area contributed by atoms with Gasteiger partial charge in [-0.2, -0.15) is 0 Å². The number of nitrogens with zero attached hydrogens (tertiary/aromatic N) is 2. The van der Waals surface area contributed by atoms with Crippen LogP contribution in [0.15, 0.2) is 5.16 Å². The Kier molecular flexibility index (Phi) is 4.86. The molecule has 1 saturated heterocycles. The number of aliphatic hydroxyl groups excluding tert-OH is 1. The molecule has 0 bridgehead atoms. The predicted octanol–water partition coefficient (Wildman–Crippen LogP) is 1.06. The van der Waals surface area contributed by atoms with E-state index < -0.39 is 5.41 Å². The van der Waals surface area contributed by atoms with Crippen molar-refractivity contribution >= 4 is 11.7 Å². The standard InChI is InChI=1S/C14H25N3O3/c15-12(16-20)14(7-2-3-8-14)13(19)17-9-4-1-5-11(17)6-10-18/h11,18,20H,1-10H2,(H2,15,16). The molecule has 4 N–H and O–H groups in total. The Morgan fingerprint density at radius 3 is 2.60 bits per heavy atom. The molecule has 114 valence electrons. The van der Waals surface area contributed by atoms with Crippen molar-refractivity contribution in [1.29, 1.82) is 0 Å². The van der Waals surface area contributed by atoms with Crippen LogP contribution < -0.4 is 5.73 Å². The average molecular weight is 283 g/mol. The molecule has 1 heterocycles. The summed E-state index contributed by atoms with van der Waals surface area (Å²) in [6.45, 7) is 0.801. The van der Waals surface area contributed by atoms with Crippen LogP contribution in [0.25, 0.3) is 0 Å². The van der Waals surface area contributed by atoms with E-state index in [9.17, 15) is 9.90 Å². The SMILES string of the molecule is NC(=NO)C1(C(=O)N2CCCCC2CCO)CCCC1. The molecule has 1 aliphatic carbocycles. The lowest BCUT2D eigenvalue weighted by molar-refractivity contribution is -0.142. The number of oxime groups is 1. The number of likely N-dealkylation sites (tertiary alicyclic amines) is 1. The number of amidine groups is 1. The van der Waals surface area contributed by atoms with Gasteiger partial charge in [0.05, 0.1) is 0 Å². The van der Waals surface area contributed by atoms with Crippen LogP contribution in [0.3, 0.4) is 0 Å². The van der Waals surface area contributed by atoms with Crippen molar-refractivity contribution in [3.63, 3.8) is 0 Å². The number of rotatable bonds is 4. The molecule has 1 saturated carbocycles. The molecule has 6 nitrogen and oxygen atoms in total. The minimum atomic E-state index is -0.820. The van der Waals surface area contributed by atoms with Crippen molar-refractivity contribution in [2.24, 2.45) is 16.3 Å². The summed E-state index contributed by atoms with van der Waals surface area (Å²) in [5, 5.41) is 21.3. The third-order valence-electron chi connectivity index (χ3n) is 4.81. The molecule has 6 heteroatoms. The largest absolute Gasteiger partial charge is 0.409 e. The highest BCUT2D eigenvalue weighted by atomic mass is 16.4. The van der Waals surface area contributed by atoms with Gasteiger partial charge in [0.15, 0.2) is 5.84 Å². The van der Waals surface area contributed by atoms with Gasteiger partial charge in [0.1, 0.15) is 5.41 Å². The quantitative estimate of drug-likeness (QED) is 0.311. The number of hydrogen-bond acceptors (Lipinski definition) is 4. The summed E-state index contributed by atoms with van der Waals surface area (Å²) < 4.78 is 0. The Labute approximate surface area is 119 Å². The van der Waals surface area contributed by atoms with Gasteiger partial charge in [-0.3, -0.25) is 4.79 Å². The minimum Gasteiger partial charge on any atom is -0.409 e. The summed E-state index contributed by atoms with van der Waals surface area (Å²) in [4.78, 5) is 14.8. The van der Waals surface area contributed by atoms with E-state index in [0.29, 0.717) is 25.8 Å². The molecular formula is C14H25N3O3. The van der Waals surface area contributed by atoms with Crippen molar-refractivity contribution < 1.29 is 15.1 Å². The van der Waals surface area contributed by atoms with Crippen molar-refractivity contribution in [2.75, 3.05) is 13.2 Å². The van der Waals surface area contributed by atoms with Gasteiger partial charge in [0.2, 0.25) is 5.91 Å². The van der Waals surface area contributed by atoms with Gasteiger partial charge in [-0.05, 0) is 38.5 Å². The predicted molar refractivity (Wildman–Crippen MR) is 75.4 cm³/mol. The molecule has 0 radical (unpaired) electrons. The lowest BCUT2D eigenvalue weighted by Crippen LogP contribution is -2.54. The normalized spacial score (nSPS) is 26.8. The Balaban J connectivity index is 2.22. The highest BCUT2D eigenvalue weighted by Gasteiger charge is 2.48. The van der Waals surface area contributed by atoms with Crippen LogP contribution in [-0.2, 0) is 4.79 Å². The average Bonchev–Trinajstić information content (AvgIpc) is 2.97. The van der Waals surface area contributed by atoms with E-state index in [0.717, 1.165) is 32.1 Å². The third kappa shape index (κ3) is 2.61. The van der Waals surface area contributed by atoms with Crippen LogP contribution in [0, 0.1) is 5.41 Å². The molecule has 0 aromatic heterocycles. The van der Waals surface area contributed by atoms with Crippen molar-refractivity contribution in [3.05, 3.63) is 0 Å². The zero-order valence-corrected chi connectivity index (χ0v) is 11.9. The summed E-state index contributed by atoms with van der Waals surface area (Å²) in [6, 6.07) is 0.0882. The first-order valence-electron chi connectivity index (χ1n) is 7.55. The van der Waals surface area contributed by atoms with E-state index in [1.54, 1.807) is 0 Å². The van der Waals surface area contributed by atoms with Crippen molar-refractivity contribution in [3.8, 4) is 0 Å². The Hall–Kier alpha value is -1.30. The zero-order valence-electron chi connectivity index (χ0n) is 11.9. The van der Waals surface area contributed by atoms with Crippen LogP contribution in [0.2, 0.25) is 0 Å². The van der Waals surface area contributed by atoms with Crippen LogP contribution in [-0.4, -0.2) is 46.1 Å². The van der Waals surface area contributed by atoms with Gasteiger partial charge < -0.3 is 20.9 Å². The molecule has 2 rings (SSSR count). The molecule has 20 heavy (non-hydrogen) atoms. The van der Waals surface area contributed by atoms with Crippen molar-refractivity contribution in [1.82, 2.24) is 4.90 Å². The minimum absolute atomic E-state index is 0.0107. The highest BCUT2D eigenvalue weighted by Crippen LogP contribution is 2.41. The van der Waals surface area contributed by atoms with Crippen LogP contribution in [0.4, 0.5) is 0 Å². The molecule has 0 aromatic rings. The summed E-state index contributed by atoms with van der Waals surface area (Å²) in [5.41, 5.74) is 5.02. The third-order valence-corrected chi connectivity index (χ3v) is 4.81. The van der Waals surface area contributed by atoms with E-state index in [-0.39, 0.29) is 24.4 Å². The van der Waals surface area contributed by atoms with E-state index in [1.165, 1.54) is 0 Å². The fraction of sp³-hybridized carbons (Fsp3) is 0.857. The topological polar surface area (TPSA) is 99.2 Å². The number of piperidine rings is 1. The van der Waals surface area contributed by atoms with Gasteiger partial charge in [-0.15, -0.1) is 0 Å². The second-order valence-corrected chi connectivity index (χ2v) is 5.93. The number of hydrogen-bond donors (Lipinski definition) is 3. The molecule has 1 amide bonds. The fourth-order valence-electron chi connectivity index (χ4n) is 3.65. The Morgan fingerprint density at radius 2 is 2.00 bits per heavy atom. The molecule has 1 unspecified atom stereocenters. The summed E-state index contributed by atoms with van der Waals surface area (Å²) >= 11 is 0.